The van der Waals surface area contributed by atoms with Crippen molar-refractivity contribution in [2.75, 3.05) is 6.61 Å². The molecular weight excluding hydrogens is 398 g/mol. The molecule has 0 saturated carbocycles. The summed E-state index contributed by atoms with van der Waals surface area (Å²) in [6, 6.07) is 4.79. The maximum absolute atomic E-state index is 12.9. The fourth-order valence-corrected chi connectivity index (χ4v) is 4.22. The van der Waals surface area contributed by atoms with Crippen LogP contribution in [0.25, 0.3) is 0 Å². The number of hydrogen-bond acceptors (Lipinski definition) is 5. The molecule has 8 heteroatoms. The van der Waals surface area contributed by atoms with Gasteiger partial charge in [-0.2, -0.15) is 4.99 Å². The van der Waals surface area contributed by atoms with Gasteiger partial charge in [-0.05, 0) is 30.4 Å². The largest absolute Gasteiger partial charge is 0.411 e. The molecule has 1 aliphatic heterocycles. The van der Waals surface area contributed by atoms with Gasteiger partial charge in [0.05, 0.1) is 24.4 Å². The highest BCUT2D eigenvalue weighted by molar-refractivity contribution is 7.09. The zero-order valence-corrected chi connectivity index (χ0v) is 17.8. The molecule has 28 heavy (non-hydrogen) atoms. The smallest absolute Gasteiger partial charge is 0.280 e. The molecular formula is C20H24ClN3O3S. The van der Waals surface area contributed by atoms with Crippen molar-refractivity contribution in [3.05, 3.63) is 50.2 Å². The van der Waals surface area contributed by atoms with Crippen LogP contribution < -0.4 is 4.80 Å². The van der Waals surface area contributed by atoms with Gasteiger partial charge < -0.3 is 14.5 Å². The van der Waals surface area contributed by atoms with E-state index in [0.717, 1.165) is 24.3 Å². The molecule has 1 atom stereocenters. The van der Waals surface area contributed by atoms with Crippen molar-refractivity contribution in [2.45, 2.75) is 51.7 Å². The first-order valence-electron chi connectivity index (χ1n) is 9.16. The summed E-state index contributed by atoms with van der Waals surface area (Å²) in [5.74, 6) is -0.430. The van der Waals surface area contributed by atoms with Crippen LogP contribution in [0.1, 0.15) is 54.4 Å². The van der Waals surface area contributed by atoms with Crippen LogP contribution in [0, 0.1) is 0 Å². The molecule has 1 aliphatic rings. The number of oxime groups is 1. The normalized spacial score (nSPS) is 18.3. The Labute approximate surface area is 173 Å². The molecule has 1 amide bonds. The van der Waals surface area contributed by atoms with Crippen LogP contribution in [0.2, 0.25) is 5.02 Å². The van der Waals surface area contributed by atoms with E-state index in [1.165, 1.54) is 23.6 Å². The van der Waals surface area contributed by atoms with Crippen LogP contribution in [-0.4, -0.2) is 34.6 Å². The molecule has 1 N–H and O–H groups in total. The second kappa shape index (κ2) is 8.59. The summed E-state index contributed by atoms with van der Waals surface area (Å²) in [7, 11) is 0. The fourth-order valence-electron chi connectivity index (χ4n) is 2.99. The Kier molecular flexibility index (Phi) is 6.37. The van der Waals surface area contributed by atoms with Crippen molar-refractivity contribution in [1.29, 1.82) is 0 Å². The third-order valence-corrected chi connectivity index (χ3v) is 6.20. The molecule has 6 nitrogen and oxygen atoms in total. The zero-order valence-electron chi connectivity index (χ0n) is 16.2. The van der Waals surface area contributed by atoms with Crippen molar-refractivity contribution < 1.29 is 14.7 Å². The Morgan fingerprint density at radius 1 is 1.46 bits per heavy atom. The predicted molar refractivity (Wildman–Crippen MR) is 111 cm³/mol. The number of rotatable bonds is 4. The van der Waals surface area contributed by atoms with Crippen molar-refractivity contribution in [1.82, 2.24) is 4.57 Å². The lowest BCUT2D eigenvalue weighted by molar-refractivity contribution is 0.0949. The summed E-state index contributed by atoms with van der Waals surface area (Å²) in [6.07, 6.45) is 5.46. The van der Waals surface area contributed by atoms with E-state index in [4.69, 9.17) is 21.5 Å². The van der Waals surface area contributed by atoms with Gasteiger partial charge in [0.2, 0.25) is 0 Å². The summed E-state index contributed by atoms with van der Waals surface area (Å²) in [4.78, 5) is 19.0. The SMILES string of the molecule is CC(C)(C)c1cn(C[C@H]2CCCO2)c(=NC(=O)c2cc(Cl)ccc2/C=N/O)s1. The van der Waals surface area contributed by atoms with E-state index in [1.54, 1.807) is 12.1 Å². The first kappa shape index (κ1) is 20.8. The maximum atomic E-state index is 12.9. The summed E-state index contributed by atoms with van der Waals surface area (Å²) in [5.41, 5.74) is 0.698. The van der Waals surface area contributed by atoms with E-state index in [1.807, 2.05) is 4.57 Å². The quantitative estimate of drug-likeness (QED) is 0.456. The lowest BCUT2D eigenvalue weighted by Crippen LogP contribution is -2.23. The number of hydrogen-bond donors (Lipinski definition) is 1. The molecule has 1 saturated heterocycles. The molecule has 0 spiro atoms. The second-order valence-electron chi connectivity index (χ2n) is 7.81. The highest BCUT2D eigenvalue weighted by Gasteiger charge is 2.22. The number of carbonyl (C=O) groups excluding carboxylic acids is 1. The maximum Gasteiger partial charge on any atom is 0.280 e. The Morgan fingerprint density at radius 3 is 2.89 bits per heavy atom. The molecule has 1 aromatic heterocycles. The third-order valence-electron chi connectivity index (χ3n) is 4.52. The fraction of sp³-hybridized carbons (Fsp3) is 0.450. The topological polar surface area (TPSA) is 76.2 Å². The van der Waals surface area contributed by atoms with Gasteiger partial charge in [-0.25, -0.2) is 0 Å². The van der Waals surface area contributed by atoms with Crippen LogP contribution in [0.5, 0.6) is 0 Å². The molecule has 0 unspecified atom stereocenters. The van der Waals surface area contributed by atoms with Gasteiger partial charge in [0.25, 0.3) is 5.91 Å². The molecule has 1 aromatic carbocycles. The van der Waals surface area contributed by atoms with Gasteiger partial charge in [-0.3, -0.25) is 4.79 Å². The number of ether oxygens (including phenoxy) is 1. The molecule has 0 radical (unpaired) electrons. The monoisotopic (exact) mass is 421 g/mol. The van der Waals surface area contributed by atoms with E-state index < -0.39 is 5.91 Å². The number of thiazole rings is 1. The minimum Gasteiger partial charge on any atom is -0.411 e. The lowest BCUT2D eigenvalue weighted by atomic mass is 9.95. The summed E-state index contributed by atoms with van der Waals surface area (Å²) < 4.78 is 7.76. The average molecular weight is 422 g/mol. The summed E-state index contributed by atoms with van der Waals surface area (Å²) >= 11 is 7.55. The first-order chi connectivity index (χ1) is 13.3. The molecule has 150 valence electrons. The van der Waals surface area contributed by atoms with Crippen LogP contribution in [0.3, 0.4) is 0 Å². The van der Waals surface area contributed by atoms with E-state index in [-0.39, 0.29) is 11.5 Å². The lowest BCUT2D eigenvalue weighted by Gasteiger charge is -2.15. The molecule has 2 aromatic rings. The van der Waals surface area contributed by atoms with E-state index in [9.17, 15) is 4.79 Å². The van der Waals surface area contributed by atoms with Crippen molar-refractivity contribution in [3.8, 4) is 0 Å². The van der Waals surface area contributed by atoms with Gasteiger partial charge in [0.15, 0.2) is 4.80 Å². The van der Waals surface area contributed by atoms with E-state index in [0.29, 0.717) is 27.5 Å². The zero-order chi connectivity index (χ0) is 20.3. The van der Waals surface area contributed by atoms with Crippen LogP contribution in [0.15, 0.2) is 34.5 Å². The Hall–Kier alpha value is -1.96. The molecule has 2 heterocycles. The van der Waals surface area contributed by atoms with Gasteiger partial charge in [0.1, 0.15) is 0 Å². The minimum atomic E-state index is -0.430. The van der Waals surface area contributed by atoms with Gasteiger partial charge in [-0.15, -0.1) is 11.3 Å². The third kappa shape index (κ3) is 4.90. The highest BCUT2D eigenvalue weighted by Crippen LogP contribution is 2.25. The van der Waals surface area contributed by atoms with Crippen LogP contribution in [-0.2, 0) is 16.7 Å². The molecule has 1 fully saturated rings. The standard InChI is InChI=1S/C20H24ClN3O3S/c1-20(2,3)17-12-24(11-15-5-4-8-27-15)19(28-17)23-18(25)16-9-14(21)7-6-13(16)10-22-26/h6-7,9-10,12,15,26H,4-5,8,11H2,1-3H3/b22-10+,23-19?/t15-/m1/s1. The van der Waals surface area contributed by atoms with Gasteiger partial charge in [0, 0.05) is 28.3 Å². The Bertz CT molecular complexity index is 950. The number of benzene rings is 1. The van der Waals surface area contributed by atoms with Crippen molar-refractivity contribution in [3.63, 3.8) is 0 Å². The molecule has 3 rings (SSSR count). The van der Waals surface area contributed by atoms with E-state index in [2.05, 4.69) is 37.1 Å². The van der Waals surface area contributed by atoms with Crippen molar-refractivity contribution >= 4 is 35.1 Å². The van der Waals surface area contributed by atoms with Crippen molar-refractivity contribution in [2.24, 2.45) is 10.1 Å². The number of amides is 1. The number of aromatic nitrogens is 1. The van der Waals surface area contributed by atoms with Gasteiger partial charge in [-0.1, -0.05) is 43.6 Å². The summed E-state index contributed by atoms with van der Waals surface area (Å²) in [5, 5.41) is 12.3. The predicted octanol–water partition coefficient (Wildman–Crippen LogP) is 4.23. The Balaban J connectivity index is 2.03. The van der Waals surface area contributed by atoms with Gasteiger partial charge >= 0.3 is 0 Å². The minimum absolute atomic E-state index is 0.0511. The molecule has 0 aliphatic carbocycles. The second-order valence-corrected chi connectivity index (χ2v) is 9.25. The van der Waals surface area contributed by atoms with E-state index >= 15 is 0 Å². The Morgan fingerprint density at radius 2 is 2.25 bits per heavy atom. The number of halogens is 1. The number of carbonyl (C=O) groups is 1. The summed E-state index contributed by atoms with van der Waals surface area (Å²) in [6.45, 7) is 7.84. The van der Waals surface area contributed by atoms with Crippen LogP contribution in [0.4, 0.5) is 0 Å². The average Bonchev–Trinajstić information content (AvgIpc) is 3.27. The van der Waals surface area contributed by atoms with Crippen LogP contribution >= 0.6 is 22.9 Å². The first-order valence-corrected chi connectivity index (χ1v) is 10.4. The molecule has 0 bridgehead atoms. The number of nitrogens with zero attached hydrogens (tertiary/aromatic N) is 3. The highest BCUT2D eigenvalue weighted by atomic mass is 35.5.